The van der Waals surface area contributed by atoms with Crippen LogP contribution in [-0.2, 0) is 9.59 Å². The Labute approximate surface area is 162 Å². The van der Waals surface area contributed by atoms with Gasteiger partial charge in [0.15, 0.2) is 0 Å². The lowest BCUT2D eigenvalue weighted by molar-refractivity contribution is -0.385. The highest BCUT2D eigenvalue weighted by Gasteiger charge is 2.36. The molecule has 2 amide bonds. The molecule has 2 atom stereocenters. The normalized spacial score (nSPS) is 17.2. The van der Waals surface area contributed by atoms with Crippen LogP contribution in [-0.4, -0.2) is 51.3 Å². The van der Waals surface area contributed by atoms with Crippen molar-refractivity contribution in [3.63, 3.8) is 0 Å². The van der Waals surface area contributed by atoms with Gasteiger partial charge in [-0.25, -0.2) is 4.79 Å². The van der Waals surface area contributed by atoms with E-state index in [0.29, 0.717) is 37.8 Å². The first-order chi connectivity index (χ1) is 13.3. The van der Waals surface area contributed by atoms with Gasteiger partial charge in [0, 0.05) is 23.7 Å². The predicted molar refractivity (Wildman–Crippen MR) is 101 cm³/mol. The Kier molecular flexibility index (Phi) is 7.08. The van der Waals surface area contributed by atoms with Crippen molar-refractivity contribution >= 4 is 23.5 Å². The molecular weight excluding hydrogens is 366 g/mol. The van der Waals surface area contributed by atoms with Gasteiger partial charge in [0.2, 0.25) is 5.91 Å². The monoisotopic (exact) mass is 391 g/mol. The van der Waals surface area contributed by atoms with E-state index in [4.69, 9.17) is 0 Å². The summed E-state index contributed by atoms with van der Waals surface area (Å²) in [7, 11) is 0. The molecule has 2 rings (SSSR count). The first-order valence-electron chi connectivity index (χ1n) is 9.35. The number of likely N-dealkylation sites (tertiary alicyclic amines) is 1. The maximum atomic E-state index is 12.8. The van der Waals surface area contributed by atoms with Crippen molar-refractivity contribution in [2.24, 2.45) is 0 Å². The lowest BCUT2D eigenvalue weighted by Gasteiger charge is -2.25. The summed E-state index contributed by atoms with van der Waals surface area (Å²) in [4.78, 5) is 48.7. The summed E-state index contributed by atoms with van der Waals surface area (Å²) in [6.07, 6.45) is 2.89. The molecule has 1 aliphatic heterocycles. The topological polar surface area (TPSA) is 130 Å². The second kappa shape index (κ2) is 9.29. The molecule has 2 N–H and O–H groups in total. The summed E-state index contributed by atoms with van der Waals surface area (Å²) in [5.41, 5.74) is 0.553. The molecule has 0 saturated carbocycles. The molecule has 0 aromatic heterocycles. The standard InChI is InChI=1S/C19H25N3O6/c1-3-4-6-14(19(25)26)20-17(23)16-7-5-10-21(16)18(24)13-8-9-15(22(27)28)12(2)11-13/h8-9,11,14,16H,3-7,10H2,1-2H3,(H,20,23)(H,25,26)/t14-,16?/m0/s1. The third kappa shape index (κ3) is 4.85. The van der Waals surface area contributed by atoms with Gasteiger partial charge in [-0.3, -0.25) is 19.7 Å². The van der Waals surface area contributed by atoms with Gasteiger partial charge in [0.25, 0.3) is 11.6 Å². The Balaban J connectivity index is 2.13. The molecule has 1 aromatic rings. The molecule has 1 aromatic carbocycles. The predicted octanol–water partition coefficient (Wildman–Crippen LogP) is 2.27. The fourth-order valence-corrected chi connectivity index (χ4v) is 3.38. The van der Waals surface area contributed by atoms with E-state index in [2.05, 4.69) is 5.32 Å². The molecule has 1 heterocycles. The van der Waals surface area contributed by atoms with E-state index < -0.39 is 34.8 Å². The van der Waals surface area contributed by atoms with Crippen molar-refractivity contribution in [3.05, 3.63) is 39.4 Å². The Bertz CT molecular complexity index is 779. The van der Waals surface area contributed by atoms with Crippen LogP contribution < -0.4 is 5.32 Å². The molecule has 9 nitrogen and oxygen atoms in total. The minimum absolute atomic E-state index is 0.0764. The van der Waals surface area contributed by atoms with Crippen molar-refractivity contribution in [2.75, 3.05) is 6.54 Å². The highest BCUT2D eigenvalue weighted by molar-refractivity contribution is 5.98. The molecule has 0 bridgehead atoms. The number of hydrogen-bond donors (Lipinski definition) is 2. The molecular formula is C19H25N3O6. The van der Waals surface area contributed by atoms with E-state index in [9.17, 15) is 29.6 Å². The molecule has 28 heavy (non-hydrogen) atoms. The number of carboxylic acid groups (broad SMARTS) is 1. The van der Waals surface area contributed by atoms with Gasteiger partial charge in [0.1, 0.15) is 12.1 Å². The minimum atomic E-state index is -1.09. The number of carboxylic acids is 1. The fourth-order valence-electron chi connectivity index (χ4n) is 3.38. The van der Waals surface area contributed by atoms with Crippen LogP contribution in [0, 0.1) is 17.0 Å². The highest BCUT2D eigenvalue weighted by Crippen LogP contribution is 2.24. The zero-order chi connectivity index (χ0) is 20.8. The highest BCUT2D eigenvalue weighted by atomic mass is 16.6. The fraction of sp³-hybridized carbons (Fsp3) is 0.526. The summed E-state index contributed by atoms with van der Waals surface area (Å²) in [6, 6.07) is 2.37. The number of amides is 2. The van der Waals surface area contributed by atoms with Crippen LogP contribution in [0.25, 0.3) is 0 Å². The molecule has 1 saturated heterocycles. The van der Waals surface area contributed by atoms with Crippen molar-refractivity contribution in [1.82, 2.24) is 10.2 Å². The summed E-state index contributed by atoms with van der Waals surface area (Å²) < 4.78 is 0. The zero-order valence-corrected chi connectivity index (χ0v) is 16.0. The third-order valence-electron chi connectivity index (χ3n) is 4.92. The van der Waals surface area contributed by atoms with E-state index in [1.54, 1.807) is 6.92 Å². The van der Waals surface area contributed by atoms with E-state index in [1.165, 1.54) is 23.1 Å². The van der Waals surface area contributed by atoms with Gasteiger partial charge in [-0.05, 0) is 38.3 Å². The molecule has 0 aliphatic carbocycles. The first-order valence-corrected chi connectivity index (χ1v) is 9.35. The summed E-state index contributed by atoms with van der Waals surface area (Å²) in [5, 5.41) is 22.8. The van der Waals surface area contributed by atoms with Gasteiger partial charge in [0.05, 0.1) is 4.92 Å². The number of carbonyl (C=O) groups excluding carboxylic acids is 2. The van der Waals surface area contributed by atoms with Crippen LogP contribution in [0.3, 0.4) is 0 Å². The largest absolute Gasteiger partial charge is 0.480 e. The second-order valence-corrected chi connectivity index (χ2v) is 6.96. The Morgan fingerprint density at radius 3 is 2.68 bits per heavy atom. The molecule has 152 valence electrons. The van der Waals surface area contributed by atoms with E-state index in [-0.39, 0.29) is 11.3 Å². The number of carbonyl (C=O) groups is 3. The van der Waals surface area contributed by atoms with Crippen LogP contribution in [0.2, 0.25) is 0 Å². The van der Waals surface area contributed by atoms with Gasteiger partial charge in [-0.2, -0.15) is 0 Å². The number of unbranched alkanes of at least 4 members (excludes halogenated alkanes) is 1. The molecule has 1 aliphatic rings. The summed E-state index contributed by atoms with van der Waals surface area (Å²) in [5.74, 6) is -1.97. The van der Waals surface area contributed by atoms with Gasteiger partial charge < -0.3 is 15.3 Å². The van der Waals surface area contributed by atoms with Crippen molar-refractivity contribution in [3.8, 4) is 0 Å². The number of nitro benzene ring substituents is 1. The number of rotatable bonds is 8. The van der Waals surface area contributed by atoms with Gasteiger partial charge in [-0.1, -0.05) is 19.8 Å². The smallest absolute Gasteiger partial charge is 0.326 e. The lowest BCUT2D eigenvalue weighted by Crippen LogP contribution is -2.50. The summed E-state index contributed by atoms with van der Waals surface area (Å²) in [6.45, 7) is 3.86. The molecule has 9 heteroatoms. The maximum absolute atomic E-state index is 12.8. The lowest BCUT2D eigenvalue weighted by atomic mass is 10.1. The van der Waals surface area contributed by atoms with Crippen molar-refractivity contribution in [2.45, 2.75) is 58.0 Å². The SMILES string of the molecule is CCCC[C@H](NC(=O)C1CCCN1C(=O)c1ccc([N+](=O)[O-])c(C)c1)C(=O)O. The van der Waals surface area contributed by atoms with Crippen molar-refractivity contribution in [1.29, 1.82) is 0 Å². The number of nitrogens with zero attached hydrogens (tertiary/aromatic N) is 2. The van der Waals surface area contributed by atoms with Crippen molar-refractivity contribution < 1.29 is 24.4 Å². The maximum Gasteiger partial charge on any atom is 0.326 e. The van der Waals surface area contributed by atoms with Gasteiger partial charge >= 0.3 is 5.97 Å². The number of aryl methyl sites for hydroxylation is 1. The third-order valence-corrected chi connectivity index (χ3v) is 4.92. The van der Waals surface area contributed by atoms with E-state index >= 15 is 0 Å². The van der Waals surface area contributed by atoms with E-state index in [1.807, 2.05) is 6.92 Å². The minimum Gasteiger partial charge on any atom is -0.480 e. The van der Waals surface area contributed by atoms with E-state index in [0.717, 1.165) is 6.42 Å². The van der Waals surface area contributed by atoms with Crippen LogP contribution in [0.5, 0.6) is 0 Å². The van der Waals surface area contributed by atoms with Gasteiger partial charge in [-0.15, -0.1) is 0 Å². The summed E-state index contributed by atoms with van der Waals surface area (Å²) >= 11 is 0. The second-order valence-electron chi connectivity index (χ2n) is 6.96. The molecule has 0 spiro atoms. The molecule has 1 unspecified atom stereocenters. The quantitative estimate of drug-likeness (QED) is 0.516. The average molecular weight is 391 g/mol. The first kappa shape index (κ1) is 21.3. The Morgan fingerprint density at radius 1 is 1.39 bits per heavy atom. The number of nitro groups is 1. The number of aliphatic carboxylic acids is 1. The average Bonchev–Trinajstić information content (AvgIpc) is 3.13. The number of hydrogen-bond acceptors (Lipinski definition) is 5. The zero-order valence-electron chi connectivity index (χ0n) is 16.0. The number of benzene rings is 1. The Hall–Kier alpha value is -2.97. The molecule has 0 radical (unpaired) electrons. The van der Waals surface area contributed by atoms with Crippen LogP contribution >= 0.6 is 0 Å². The van der Waals surface area contributed by atoms with Crippen LogP contribution in [0.15, 0.2) is 18.2 Å². The van der Waals surface area contributed by atoms with Crippen LogP contribution in [0.4, 0.5) is 5.69 Å². The van der Waals surface area contributed by atoms with Crippen LogP contribution in [0.1, 0.15) is 54.9 Å². The molecule has 1 fully saturated rings. The Morgan fingerprint density at radius 2 is 2.11 bits per heavy atom. The number of nitrogens with one attached hydrogen (secondary N) is 1.